The Kier molecular flexibility index (Phi) is 5.45. The number of methoxy groups -OCH3 is 1. The minimum absolute atomic E-state index is 0.312. The summed E-state index contributed by atoms with van der Waals surface area (Å²) in [7, 11) is 1.49. The molecule has 0 radical (unpaired) electrons. The van der Waals surface area contributed by atoms with Crippen LogP contribution in [0.15, 0.2) is 30.9 Å². The van der Waals surface area contributed by atoms with Crippen LogP contribution in [0, 0.1) is 11.6 Å². The van der Waals surface area contributed by atoms with Gasteiger partial charge in [0, 0.05) is 37.1 Å². The summed E-state index contributed by atoms with van der Waals surface area (Å²) >= 11 is 0. The molecular formula is C18H23F2N3O. The van der Waals surface area contributed by atoms with Crippen molar-refractivity contribution in [3.8, 4) is 5.75 Å². The minimum Gasteiger partial charge on any atom is -0.496 e. The van der Waals surface area contributed by atoms with Crippen molar-refractivity contribution >= 4 is 0 Å². The van der Waals surface area contributed by atoms with E-state index in [-0.39, 0.29) is 0 Å². The average molecular weight is 335 g/mol. The van der Waals surface area contributed by atoms with Crippen LogP contribution in [0.1, 0.15) is 31.2 Å². The number of aromatic nitrogens is 2. The van der Waals surface area contributed by atoms with E-state index in [4.69, 9.17) is 4.74 Å². The molecule has 4 nitrogen and oxygen atoms in total. The number of piperidine rings is 1. The number of hydrogen-bond acceptors (Lipinski definition) is 3. The maximum atomic E-state index is 14.2. The van der Waals surface area contributed by atoms with E-state index < -0.39 is 11.6 Å². The molecule has 0 aliphatic carbocycles. The number of hydrogen-bond donors (Lipinski definition) is 0. The van der Waals surface area contributed by atoms with Crippen molar-refractivity contribution < 1.29 is 13.5 Å². The summed E-state index contributed by atoms with van der Waals surface area (Å²) in [6.45, 7) is 2.15. The second kappa shape index (κ2) is 7.75. The largest absolute Gasteiger partial charge is 0.496 e. The molecule has 1 aliphatic heterocycles. The molecule has 0 spiro atoms. The first-order valence-corrected chi connectivity index (χ1v) is 8.39. The van der Waals surface area contributed by atoms with Crippen molar-refractivity contribution in [3.05, 3.63) is 48.1 Å². The third-order valence-electron chi connectivity index (χ3n) is 4.76. The minimum atomic E-state index is -0.822. The van der Waals surface area contributed by atoms with E-state index in [1.165, 1.54) is 19.6 Å². The van der Waals surface area contributed by atoms with Gasteiger partial charge in [-0.2, -0.15) is 0 Å². The summed E-state index contributed by atoms with van der Waals surface area (Å²) in [5.74, 6) is -1.21. The summed E-state index contributed by atoms with van der Waals surface area (Å²) in [4.78, 5) is 6.31. The van der Waals surface area contributed by atoms with Gasteiger partial charge in [0.2, 0.25) is 0 Å². The van der Waals surface area contributed by atoms with Gasteiger partial charge in [-0.1, -0.05) is 6.42 Å². The van der Waals surface area contributed by atoms with E-state index >= 15 is 0 Å². The van der Waals surface area contributed by atoms with Crippen LogP contribution in [-0.4, -0.2) is 34.1 Å². The van der Waals surface area contributed by atoms with E-state index in [1.54, 1.807) is 6.20 Å². The van der Waals surface area contributed by atoms with Gasteiger partial charge in [-0.3, -0.25) is 4.90 Å². The highest BCUT2D eigenvalue weighted by atomic mass is 19.2. The van der Waals surface area contributed by atoms with Crippen LogP contribution in [0.5, 0.6) is 5.75 Å². The molecule has 6 heteroatoms. The number of likely N-dealkylation sites (tertiary alicyclic amines) is 1. The van der Waals surface area contributed by atoms with Gasteiger partial charge in [0.1, 0.15) is 5.75 Å². The first-order chi connectivity index (χ1) is 11.7. The van der Waals surface area contributed by atoms with Gasteiger partial charge in [0.25, 0.3) is 0 Å². The van der Waals surface area contributed by atoms with Crippen LogP contribution in [0.25, 0.3) is 0 Å². The Bertz CT molecular complexity index is 661. The molecule has 2 aromatic rings. The van der Waals surface area contributed by atoms with Crippen LogP contribution in [0.4, 0.5) is 8.78 Å². The Balaban J connectivity index is 1.73. The van der Waals surface area contributed by atoms with Crippen molar-refractivity contribution in [1.82, 2.24) is 14.5 Å². The third-order valence-corrected chi connectivity index (χ3v) is 4.76. The van der Waals surface area contributed by atoms with E-state index in [0.29, 0.717) is 23.9 Å². The SMILES string of the molecule is COc1ccc(F)c(F)c1CN1CCCC[C@@H]1CCn1ccnc1. The van der Waals surface area contributed by atoms with Gasteiger partial charge >= 0.3 is 0 Å². The zero-order valence-electron chi connectivity index (χ0n) is 13.9. The lowest BCUT2D eigenvalue weighted by atomic mass is 9.98. The Morgan fingerprint density at radius 1 is 1.29 bits per heavy atom. The monoisotopic (exact) mass is 335 g/mol. The zero-order chi connectivity index (χ0) is 16.9. The lowest BCUT2D eigenvalue weighted by Crippen LogP contribution is -2.39. The summed E-state index contributed by atoms with van der Waals surface area (Å²) < 4.78 is 35.2. The molecule has 0 unspecified atom stereocenters. The normalized spacial score (nSPS) is 18.7. The van der Waals surface area contributed by atoms with Gasteiger partial charge < -0.3 is 9.30 Å². The van der Waals surface area contributed by atoms with Gasteiger partial charge in [-0.15, -0.1) is 0 Å². The number of aryl methyl sites for hydroxylation is 1. The summed E-state index contributed by atoms with van der Waals surface area (Å²) in [6.07, 6.45) is 9.83. The molecule has 1 aromatic carbocycles. The summed E-state index contributed by atoms with van der Waals surface area (Å²) in [5.41, 5.74) is 0.312. The fourth-order valence-corrected chi connectivity index (χ4v) is 3.43. The lowest BCUT2D eigenvalue weighted by Gasteiger charge is -2.36. The topological polar surface area (TPSA) is 30.3 Å². The predicted molar refractivity (Wildman–Crippen MR) is 87.8 cm³/mol. The highest BCUT2D eigenvalue weighted by Gasteiger charge is 2.25. The average Bonchev–Trinajstić information content (AvgIpc) is 3.12. The van der Waals surface area contributed by atoms with Crippen LogP contribution < -0.4 is 4.74 Å². The molecule has 1 aliphatic rings. The molecule has 0 N–H and O–H groups in total. The van der Waals surface area contributed by atoms with Crippen molar-refractivity contribution in [2.75, 3.05) is 13.7 Å². The molecule has 0 amide bonds. The van der Waals surface area contributed by atoms with E-state index in [1.807, 2.05) is 12.5 Å². The quantitative estimate of drug-likeness (QED) is 0.808. The lowest BCUT2D eigenvalue weighted by molar-refractivity contribution is 0.125. The van der Waals surface area contributed by atoms with Crippen molar-refractivity contribution in [2.24, 2.45) is 0 Å². The molecule has 130 valence electrons. The second-order valence-corrected chi connectivity index (χ2v) is 6.25. The van der Waals surface area contributed by atoms with E-state index in [9.17, 15) is 8.78 Å². The van der Waals surface area contributed by atoms with Crippen molar-refractivity contribution in [2.45, 2.75) is 44.8 Å². The van der Waals surface area contributed by atoms with Crippen LogP contribution in [0.2, 0.25) is 0 Å². The van der Waals surface area contributed by atoms with Gasteiger partial charge in [-0.05, 0) is 37.9 Å². The van der Waals surface area contributed by atoms with Crippen LogP contribution >= 0.6 is 0 Å². The smallest absolute Gasteiger partial charge is 0.167 e. The number of benzene rings is 1. The summed E-state index contributed by atoms with van der Waals surface area (Å²) in [5, 5.41) is 0. The molecule has 1 fully saturated rings. The maximum absolute atomic E-state index is 14.2. The highest BCUT2D eigenvalue weighted by Crippen LogP contribution is 2.29. The molecule has 0 bridgehead atoms. The van der Waals surface area contributed by atoms with Crippen molar-refractivity contribution in [1.29, 1.82) is 0 Å². The Hall–Kier alpha value is -1.95. The molecular weight excluding hydrogens is 312 g/mol. The number of rotatable bonds is 6. The van der Waals surface area contributed by atoms with Gasteiger partial charge in [0.05, 0.1) is 13.4 Å². The number of halogens is 2. The zero-order valence-corrected chi connectivity index (χ0v) is 13.9. The predicted octanol–water partition coefficient (Wildman–Crippen LogP) is 3.61. The molecule has 1 saturated heterocycles. The Morgan fingerprint density at radius 2 is 2.17 bits per heavy atom. The van der Waals surface area contributed by atoms with E-state index in [0.717, 1.165) is 38.4 Å². The van der Waals surface area contributed by atoms with E-state index in [2.05, 4.69) is 14.5 Å². The number of imidazole rings is 1. The first kappa shape index (κ1) is 16.9. The molecule has 24 heavy (non-hydrogen) atoms. The van der Waals surface area contributed by atoms with Gasteiger partial charge in [0.15, 0.2) is 11.6 Å². The molecule has 1 aromatic heterocycles. The fourth-order valence-electron chi connectivity index (χ4n) is 3.43. The first-order valence-electron chi connectivity index (χ1n) is 8.39. The molecule has 2 heterocycles. The molecule has 3 rings (SSSR count). The third kappa shape index (κ3) is 3.75. The molecule has 1 atom stereocenters. The Morgan fingerprint density at radius 3 is 2.92 bits per heavy atom. The summed E-state index contributed by atoms with van der Waals surface area (Å²) in [6, 6.07) is 2.97. The fraction of sp³-hybridized carbons (Fsp3) is 0.500. The number of ether oxygens (including phenoxy) is 1. The van der Waals surface area contributed by atoms with Crippen LogP contribution in [-0.2, 0) is 13.1 Å². The molecule has 0 saturated carbocycles. The Labute approximate surface area is 141 Å². The second-order valence-electron chi connectivity index (χ2n) is 6.25. The van der Waals surface area contributed by atoms with Gasteiger partial charge in [-0.25, -0.2) is 13.8 Å². The van der Waals surface area contributed by atoms with Crippen LogP contribution in [0.3, 0.4) is 0 Å². The van der Waals surface area contributed by atoms with Crippen molar-refractivity contribution in [3.63, 3.8) is 0 Å². The number of nitrogens with zero attached hydrogens (tertiary/aromatic N) is 3. The maximum Gasteiger partial charge on any atom is 0.167 e. The standard InChI is InChI=1S/C18H23F2N3O/c1-24-17-6-5-16(19)18(20)15(17)12-23-9-3-2-4-14(23)7-10-22-11-8-21-13-22/h5-6,8,11,13-14H,2-4,7,9-10,12H2,1H3/t14-/m1/s1. The highest BCUT2D eigenvalue weighted by molar-refractivity contribution is 5.35.